The molecule has 0 bridgehead atoms. The van der Waals surface area contributed by atoms with Crippen LogP contribution in [0.15, 0.2) is 24.3 Å². The highest BCUT2D eigenvalue weighted by Gasteiger charge is 2.37. The van der Waals surface area contributed by atoms with Gasteiger partial charge < -0.3 is 9.84 Å². The molecule has 3 atom stereocenters. The van der Waals surface area contributed by atoms with Gasteiger partial charge in [0.25, 0.3) is 0 Å². The smallest absolute Gasteiger partial charge is 0.0827 e. The zero-order valence-corrected chi connectivity index (χ0v) is 8.73. The fourth-order valence-electron chi connectivity index (χ4n) is 2.92. The first-order valence-corrected chi connectivity index (χ1v) is 5.70. The molecule has 1 fully saturated rings. The lowest BCUT2D eigenvalue weighted by Crippen LogP contribution is -2.19. The second kappa shape index (κ2) is 3.62. The maximum atomic E-state index is 10.2. The first-order valence-electron chi connectivity index (χ1n) is 5.70. The van der Waals surface area contributed by atoms with Crippen molar-refractivity contribution >= 4 is 0 Å². The second-order valence-electron chi connectivity index (χ2n) is 4.64. The first kappa shape index (κ1) is 9.37. The monoisotopic (exact) mass is 204 g/mol. The summed E-state index contributed by atoms with van der Waals surface area (Å²) in [5, 5.41) is 10.2. The molecule has 0 spiro atoms. The van der Waals surface area contributed by atoms with Gasteiger partial charge in [-0.25, -0.2) is 0 Å². The van der Waals surface area contributed by atoms with E-state index in [-0.39, 0.29) is 6.10 Å². The van der Waals surface area contributed by atoms with Crippen LogP contribution in [0.2, 0.25) is 0 Å². The predicted molar refractivity (Wildman–Crippen MR) is 57.5 cm³/mol. The Labute approximate surface area is 89.9 Å². The van der Waals surface area contributed by atoms with Crippen molar-refractivity contribution in [3.63, 3.8) is 0 Å². The van der Waals surface area contributed by atoms with Crippen LogP contribution in [0.4, 0.5) is 0 Å². The van der Waals surface area contributed by atoms with E-state index in [1.807, 2.05) is 6.07 Å². The number of benzene rings is 1. The number of ether oxygens (including phenoxy) is 1. The van der Waals surface area contributed by atoms with Gasteiger partial charge in [0.05, 0.1) is 6.10 Å². The molecule has 80 valence electrons. The molecule has 1 aromatic rings. The molecule has 2 nitrogen and oxygen atoms in total. The highest BCUT2D eigenvalue weighted by Crippen LogP contribution is 2.42. The third kappa shape index (κ3) is 1.48. The number of hydrogen-bond donors (Lipinski definition) is 1. The van der Waals surface area contributed by atoms with E-state index in [0.29, 0.717) is 11.8 Å². The minimum atomic E-state index is -0.270. The van der Waals surface area contributed by atoms with E-state index in [0.717, 1.165) is 31.6 Å². The van der Waals surface area contributed by atoms with Gasteiger partial charge in [0.1, 0.15) is 0 Å². The quantitative estimate of drug-likeness (QED) is 0.757. The Hall–Kier alpha value is -0.860. The van der Waals surface area contributed by atoms with Gasteiger partial charge in [-0.2, -0.15) is 0 Å². The van der Waals surface area contributed by atoms with Gasteiger partial charge in [-0.3, -0.25) is 0 Å². The molecule has 15 heavy (non-hydrogen) atoms. The molecule has 1 N–H and O–H groups in total. The van der Waals surface area contributed by atoms with Crippen LogP contribution in [-0.2, 0) is 11.2 Å². The van der Waals surface area contributed by atoms with Gasteiger partial charge in [0.15, 0.2) is 0 Å². The predicted octanol–water partition coefficient (Wildman–Crippen LogP) is 1.93. The zero-order valence-electron chi connectivity index (χ0n) is 8.73. The van der Waals surface area contributed by atoms with Crippen LogP contribution in [0, 0.1) is 11.8 Å². The molecule has 0 saturated carbocycles. The van der Waals surface area contributed by atoms with E-state index < -0.39 is 0 Å². The van der Waals surface area contributed by atoms with E-state index in [2.05, 4.69) is 18.2 Å². The lowest BCUT2D eigenvalue weighted by Gasteiger charge is -2.20. The number of rotatable bonds is 1. The summed E-state index contributed by atoms with van der Waals surface area (Å²) in [6.07, 6.45) is 1.86. The molecule has 2 aliphatic rings. The fraction of sp³-hybridized carbons (Fsp3) is 0.538. The molecule has 2 heteroatoms. The minimum absolute atomic E-state index is 0.270. The molecule has 0 radical (unpaired) electrons. The van der Waals surface area contributed by atoms with Crippen molar-refractivity contribution in [3.8, 4) is 0 Å². The molecule has 1 heterocycles. The molecular weight excluding hydrogens is 188 g/mol. The van der Waals surface area contributed by atoms with Crippen LogP contribution in [0.3, 0.4) is 0 Å². The summed E-state index contributed by atoms with van der Waals surface area (Å²) in [5.74, 6) is 0.928. The summed E-state index contributed by atoms with van der Waals surface area (Å²) in [4.78, 5) is 0. The molecule has 0 aromatic heterocycles. The van der Waals surface area contributed by atoms with E-state index >= 15 is 0 Å². The van der Waals surface area contributed by atoms with Crippen molar-refractivity contribution in [1.82, 2.24) is 0 Å². The van der Waals surface area contributed by atoms with Crippen molar-refractivity contribution in [3.05, 3.63) is 35.4 Å². The Morgan fingerprint density at radius 3 is 2.87 bits per heavy atom. The summed E-state index contributed by atoms with van der Waals surface area (Å²) in [7, 11) is 0. The largest absolute Gasteiger partial charge is 0.388 e. The molecule has 1 aliphatic carbocycles. The standard InChI is InChI=1S/C13H16O2/c14-13-11-4-2-1-3-9(11)7-12(13)10-5-6-15-8-10/h1-4,10,12-14H,5-8H2. The van der Waals surface area contributed by atoms with Crippen molar-refractivity contribution in [2.45, 2.75) is 18.9 Å². The molecule has 3 unspecified atom stereocenters. The maximum absolute atomic E-state index is 10.2. The summed E-state index contributed by atoms with van der Waals surface area (Å²) in [6.45, 7) is 1.69. The summed E-state index contributed by atoms with van der Waals surface area (Å²) in [6, 6.07) is 8.25. The van der Waals surface area contributed by atoms with Crippen LogP contribution >= 0.6 is 0 Å². The molecular formula is C13H16O2. The summed E-state index contributed by atoms with van der Waals surface area (Å²) in [5.41, 5.74) is 2.45. The highest BCUT2D eigenvalue weighted by atomic mass is 16.5. The second-order valence-corrected chi connectivity index (χ2v) is 4.64. The SMILES string of the molecule is OC1c2ccccc2CC1C1CCOC1. The van der Waals surface area contributed by atoms with E-state index in [1.54, 1.807) is 0 Å². The fourth-order valence-corrected chi connectivity index (χ4v) is 2.92. The van der Waals surface area contributed by atoms with Crippen molar-refractivity contribution < 1.29 is 9.84 Å². The lowest BCUT2D eigenvalue weighted by molar-refractivity contribution is 0.0777. The Morgan fingerprint density at radius 2 is 2.13 bits per heavy atom. The van der Waals surface area contributed by atoms with E-state index in [9.17, 15) is 5.11 Å². The molecule has 0 amide bonds. The van der Waals surface area contributed by atoms with Gasteiger partial charge in [-0.1, -0.05) is 24.3 Å². The van der Waals surface area contributed by atoms with Gasteiger partial charge in [0.2, 0.25) is 0 Å². The van der Waals surface area contributed by atoms with Crippen LogP contribution in [0.25, 0.3) is 0 Å². The lowest BCUT2D eigenvalue weighted by atomic mass is 9.87. The Morgan fingerprint density at radius 1 is 1.27 bits per heavy atom. The van der Waals surface area contributed by atoms with Crippen molar-refractivity contribution in [2.24, 2.45) is 11.8 Å². The van der Waals surface area contributed by atoms with Crippen molar-refractivity contribution in [2.75, 3.05) is 13.2 Å². The van der Waals surface area contributed by atoms with Crippen LogP contribution in [0.1, 0.15) is 23.7 Å². The maximum Gasteiger partial charge on any atom is 0.0827 e. The topological polar surface area (TPSA) is 29.5 Å². The number of aliphatic hydroxyl groups is 1. The highest BCUT2D eigenvalue weighted by molar-refractivity contribution is 5.34. The van der Waals surface area contributed by atoms with E-state index in [1.165, 1.54) is 5.56 Å². The van der Waals surface area contributed by atoms with Crippen molar-refractivity contribution in [1.29, 1.82) is 0 Å². The Kier molecular flexibility index (Phi) is 2.26. The zero-order chi connectivity index (χ0) is 10.3. The molecule has 1 saturated heterocycles. The van der Waals surface area contributed by atoms with Crippen LogP contribution in [0.5, 0.6) is 0 Å². The number of aliphatic hydroxyl groups excluding tert-OH is 1. The number of fused-ring (bicyclic) bond motifs is 1. The third-order valence-electron chi connectivity index (χ3n) is 3.81. The van der Waals surface area contributed by atoms with Gasteiger partial charge in [0, 0.05) is 13.2 Å². The number of hydrogen-bond acceptors (Lipinski definition) is 2. The normalized spacial score (nSPS) is 34.3. The first-order chi connectivity index (χ1) is 7.36. The summed E-state index contributed by atoms with van der Waals surface area (Å²) < 4.78 is 5.41. The minimum Gasteiger partial charge on any atom is -0.388 e. The molecule has 1 aliphatic heterocycles. The molecule has 1 aromatic carbocycles. The third-order valence-corrected chi connectivity index (χ3v) is 3.81. The average molecular weight is 204 g/mol. The van der Waals surface area contributed by atoms with Gasteiger partial charge in [-0.15, -0.1) is 0 Å². The molecule has 3 rings (SSSR count). The van der Waals surface area contributed by atoms with E-state index in [4.69, 9.17) is 4.74 Å². The Balaban J connectivity index is 1.86. The van der Waals surface area contributed by atoms with Gasteiger partial charge >= 0.3 is 0 Å². The average Bonchev–Trinajstić information content (AvgIpc) is 2.87. The van der Waals surface area contributed by atoms with Gasteiger partial charge in [-0.05, 0) is 35.8 Å². The van der Waals surface area contributed by atoms with Crippen LogP contribution in [-0.4, -0.2) is 18.3 Å². The summed E-state index contributed by atoms with van der Waals surface area (Å²) >= 11 is 0. The Bertz CT molecular complexity index is 355. The van der Waals surface area contributed by atoms with Crippen LogP contribution < -0.4 is 0 Å².